The van der Waals surface area contributed by atoms with Crippen LogP contribution in [-0.2, 0) is 29.6 Å². The molecule has 0 aliphatic carbocycles. The number of allylic oxidation sites excluding steroid dienone is 1. The van der Waals surface area contributed by atoms with Crippen molar-refractivity contribution in [3.8, 4) is 0 Å². The van der Waals surface area contributed by atoms with Crippen LogP contribution in [0.15, 0.2) is 177 Å². The van der Waals surface area contributed by atoms with Crippen molar-refractivity contribution in [2.75, 3.05) is 5.73 Å². The van der Waals surface area contributed by atoms with Gasteiger partial charge in [0.05, 0.1) is 6.04 Å². The molecule has 2 aliphatic rings. The Morgan fingerprint density at radius 3 is 1.87 bits per heavy atom. The molecule has 0 bridgehead atoms. The van der Waals surface area contributed by atoms with E-state index < -0.39 is 41.6 Å². The molecule has 3 N–H and O–H groups in total. The maximum Gasteiger partial charge on any atom is 0.356 e. The van der Waals surface area contributed by atoms with Gasteiger partial charge >= 0.3 is 5.97 Å². The van der Waals surface area contributed by atoms with Gasteiger partial charge < -0.3 is 20.6 Å². The highest BCUT2D eigenvalue weighted by molar-refractivity contribution is 8.04. The molecule has 2 aromatic heterocycles. The van der Waals surface area contributed by atoms with Gasteiger partial charge in [0.15, 0.2) is 21.3 Å². The SMILES string of the molecule is Nc1nc(C(=NOC(c2ccccc2)(c2ccccc2)c2ccccc2)C(=O)NC2C(=O)N3C(C(=O)OC(c4ccccc4)c4ccccc4)=C(Sc4nncs4)CCC23)c(Cl)s1. The van der Waals surface area contributed by atoms with Crippen LogP contribution in [0.3, 0.4) is 0 Å². The zero-order chi connectivity index (χ0) is 43.3. The van der Waals surface area contributed by atoms with Crippen LogP contribution >= 0.6 is 46.0 Å². The summed E-state index contributed by atoms with van der Waals surface area (Å²) >= 11 is 10.2. The number of rotatable bonds is 14. The average Bonchev–Trinajstić information content (AvgIpc) is 3.97. The monoisotopic (exact) mass is 909 g/mol. The molecule has 314 valence electrons. The number of halogens is 1. The van der Waals surface area contributed by atoms with Gasteiger partial charge in [0, 0.05) is 21.6 Å². The number of carbonyl (C=O) groups excluding carboxylic acids is 3. The summed E-state index contributed by atoms with van der Waals surface area (Å²) in [7, 11) is 0. The summed E-state index contributed by atoms with van der Waals surface area (Å²) in [6, 6.07) is 45.7. The van der Waals surface area contributed by atoms with Gasteiger partial charge in [-0.3, -0.25) is 14.5 Å². The molecular formula is C47H36ClN7O5S3. The molecule has 4 heterocycles. The first-order valence-electron chi connectivity index (χ1n) is 19.8. The van der Waals surface area contributed by atoms with E-state index in [0.29, 0.717) is 22.1 Å². The van der Waals surface area contributed by atoms with E-state index in [1.54, 1.807) is 5.51 Å². The number of thiazole rings is 1. The highest BCUT2D eigenvalue weighted by Crippen LogP contribution is 2.45. The van der Waals surface area contributed by atoms with Crippen molar-refractivity contribution >= 4 is 74.7 Å². The number of nitrogen functional groups attached to an aromatic ring is 1. The van der Waals surface area contributed by atoms with E-state index in [1.165, 1.54) is 28.0 Å². The Kier molecular flexibility index (Phi) is 12.2. The van der Waals surface area contributed by atoms with Crippen molar-refractivity contribution in [1.29, 1.82) is 0 Å². The molecule has 0 spiro atoms. The molecule has 12 nitrogen and oxygen atoms in total. The molecule has 2 atom stereocenters. The number of amides is 2. The summed E-state index contributed by atoms with van der Waals surface area (Å²) in [6.07, 6.45) is 0.0432. The van der Waals surface area contributed by atoms with Crippen LogP contribution in [-0.4, -0.2) is 55.7 Å². The van der Waals surface area contributed by atoms with Crippen molar-refractivity contribution < 1.29 is 24.0 Å². The predicted octanol–water partition coefficient (Wildman–Crippen LogP) is 8.77. The summed E-state index contributed by atoms with van der Waals surface area (Å²) in [4.78, 5) is 56.7. The van der Waals surface area contributed by atoms with Gasteiger partial charge in [-0.25, -0.2) is 9.78 Å². The first-order valence-corrected chi connectivity index (χ1v) is 22.7. The number of nitrogens with zero attached hydrogens (tertiary/aromatic N) is 5. The second-order valence-corrected chi connectivity index (χ2v) is 18.2. The minimum atomic E-state index is -1.35. The zero-order valence-electron chi connectivity index (χ0n) is 33.1. The molecule has 63 heavy (non-hydrogen) atoms. The molecule has 5 aromatic carbocycles. The van der Waals surface area contributed by atoms with Gasteiger partial charge in [0.25, 0.3) is 11.8 Å². The van der Waals surface area contributed by atoms with Gasteiger partial charge in [0.2, 0.25) is 5.60 Å². The van der Waals surface area contributed by atoms with Crippen LogP contribution < -0.4 is 11.1 Å². The van der Waals surface area contributed by atoms with Crippen molar-refractivity contribution in [2.45, 2.75) is 41.0 Å². The third kappa shape index (κ3) is 8.35. The van der Waals surface area contributed by atoms with Crippen LogP contribution in [0.5, 0.6) is 0 Å². The molecule has 7 aromatic rings. The number of aromatic nitrogens is 3. The van der Waals surface area contributed by atoms with E-state index in [9.17, 15) is 14.4 Å². The summed E-state index contributed by atoms with van der Waals surface area (Å²) < 4.78 is 7.03. The van der Waals surface area contributed by atoms with Gasteiger partial charge in [-0.1, -0.05) is 203 Å². The van der Waals surface area contributed by atoms with E-state index in [2.05, 4.69) is 25.7 Å². The first-order chi connectivity index (χ1) is 30.8. The molecule has 9 rings (SSSR count). The second kappa shape index (κ2) is 18.4. The van der Waals surface area contributed by atoms with Crippen LogP contribution in [0.2, 0.25) is 4.34 Å². The fraction of sp³-hybridized carbons (Fsp3) is 0.128. The van der Waals surface area contributed by atoms with Crippen LogP contribution in [0.25, 0.3) is 0 Å². The Labute approximate surface area is 379 Å². The highest BCUT2D eigenvalue weighted by atomic mass is 35.5. The van der Waals surface area contributed by atoms with E-state index in [4.69, 9.17) is 26.9 Å². The molecule has 1 saturated heterocycles. The normalized spacial score (nSPS) is 16.3. The summed E-state index contributed by atoms with van der Waals surface area (Å²) in [5.41, 5.74) is 9.86. The lowest BCUT2D eigenvalue weighted by Crippen LogP contribution is -2.72. The predicted molar refractivity (Wildman–Crippen MR) is 244 cm³/mol. The fourth-order valence-corrected chi connectivity index (χ4v) is 10.5. The number of ether oxygens (including phenoxy) is 1. The number of esters is 1. The smallest absolute Gasteiger partial charge is 0.356 e. The third-order valence-electron chi connectivity index (χ3n) is 10.7. The Morgan fingerprint density at radius 2 is 1.38 bits per heavy atom. The lowest BCUT2D eigenvalue weighted by atomic mass is 9.80. The lowest BCUT2D eigenvalue weighted by Gasteiger charge is -2.50. The number of hydrogen-bond donors (Lipinski definition) is 2. The number of thioether (sulfide) groups is 1. The molecule has 2 aliphatic heterocycles. The quantitative estimate of drug-likeness (QED) is 0.0355. The number of fused-ring (bicyclic) bond motifs is 1. The fourth-order valence-electron chi connectivity index (χ4n) is 7.83. The maximum atomic E-state index is 14.7. The standard InChI is InChI=1S/C47H36ClN7O5S3/c48-41-37(52-45(49)63-41)38(54-60-47(31-20-10-3-11-21-31,32-22-12-4-13-23-32)33-24-14-5-15-25-33)42(56)51-36-34-26-27-35(62-46-53-50-28-61-46)39(55(34)43(36)57)44(58)59-40(29-16-6-1-7-17-29)30-18-8-2-9-19-30/h1-25,28,34,36,40H,26-27H2,(H2,49,52)(H,51,56). The molecule has 1 fully saturated rings. The largest absolute Gasteiger partial charge is 0.448 e. The topological polar surface area (TPSA) is 162 Å². The maximum absolute atomic E-state index is 14.7. The number of benzene rings is 5. The number of nitrogens with two attached hydrogens (primary N) is 1. The number of oxime groups is 1. The van der Waals surface area contributed by atoms with Crippen LogP contribution in [0.4, 0.5) is 5.13 Å². The number of hydrogen-bond acceptors (Lipinski definition) is 13. The van der Waals surface area contributed by atoms with Crippen molar-refractivity contribution in [3.63, 3.8) is 0 Å². The van der Waals surface area contributed by atoms with Crippen molar-refractivity contribution in [3.05, 3.63) is 206 Å². The van der Waals surface area contributed by atoms with Gasteiger partial charge in [-0.15, -0.1) is 10.2 Å². The summed E-state index contributed by atoms with van der Waals surface area (Å²) in [5.74, 6) is -1.98. The Bertz CT molecular complexity index is 2660. The number of anilines is 1. The average molecular weight is 911 g/mol. The van der Waals surface area contributed by atoms with E-state index >= 15 is 0 Å². The Morgan fingerprint density at radius 1 is 0.841 bits per heavy atom. The minimum absolute atomic E-state index is 0.0141. The molecule has 0 saturated carbocycles. The number of β-lactam (4-membered cyclic amide) rings is 1. The van der Waals surface area contributed by atoms with Crippen molar-refractivity contribution in [2.24, 2.45) is 5.16 Å². The van der Waals surface area contributed by atoms with E-state index in [1.807, 2.05) is 152 Å². The Hall–Kier alpha value is -6.65. The van der Waals surface area contributed by atoms with E-state index in [-0.39, 0.29) is 26.6 Å². The number of carbonyl (C=O) groups is 3. The van der Waals surface area contributed by atoms with Gasteiger partial charge in [-0.2, -0.15) is 0 Å². The van der Waals surface area contributed by atoms with Crippen LogP contribution in [0, 0.1) is 0 Å². The molecule has 2 amide bonds. The summed E-state index contributed by atoms with van der Waals surface area (Å²) in [5, 5.41) is 15.7. The summed E-state index contributed by atoms with van der Waals surface area (Å²) in [6.45, 7) is 0. The lowest BCUT2D eigenvalue weighted by molar-refractivity contribution is -0.158. The molecule has 2 unspecified atom stereocenters. The van der Waals surface area contributed by atoms with Crippen LogP contribution in [0.1, 0.15) is 52.5 Å². The van der Waals surface area contributed by atoms with E-state index in [0.717, 1.165) is 39.2 Å². The Balaban J connectivity index is 1.06. The molecule has 16 heteroatoms. The minimum Gasteiger partial charge on any atom is -0.448 e. The molecule has 0 radical (unpaired) electrons. The highest BCUT2D eigenvalue weighted by Gasteiger charge is 2.54. The van der Waals surface area contributed by atoms with Crippen molar-refractivity contribution in [1.82, 2.24) is 25.4 Å². The number of nitrogens with one attached hydrogen (secondary N) is 1. The van der Waals surface area contributed by atoms with Gasteiger partial charge in [-0.05, 0) is 24.0 Å². The first kappa shape index (κ1) is 41.7. The zero-order valence-corrected chi connectivity index (χ0v) is 36.3. The van der Waals surface area contributed by atoms with Gasteiger partial charge in [0.1, 0.15) is 27.3 Å². The second-order valence-electron chi connectivity index (χ2n) is 14.4. The third-order valence-corrected chi connectivity index (χ3v) is 13.7. The molecular weight excluding hydrogens is 874 g/mol.